The third-order valence-electron chi connectivity index (χ3n) is 4.63. The minimum Gasteiger partial charge on any atom is -0.490 e. The van der Waals surface area contributed by atoms with E-state index in [1.54, 1.807) is 10.8 Å². The Morgan fingerprint density at radius 1 is 1.27 bits per heavy atom. The van der Waals surface area contributed by atoms with Crippen molar-refractivity contribution in [2.75, 3.05) is 18.0 Å². The van der Waals surface area contributed by atoms with E-state index in [9.17, 15) is 8.78 Å². The highest BCUT2D eigenvalue weighted by molar-refractivity contribution is 7.09. The first-order chi connectivity index (χ1) is 12.6. The maximum absolute atomic E-state index is 12.7. The monoisotopic (exact) mass is 378 g/mol. The second-order valence-corrected chi connectivity index (χ2v) is 7.21. The molecule has 0 saturated carbocycles. The standard InChI is InChI=1S/C18H20F2N4OS/c1-12-21-18(26-22-12)23-8-5-13(6-9-23)25-16-4-2-3-15-14(16)7-10-24(15)11-17(19)20/h2-4,7,10,13,17H,5-6,8-9,11H2,1H3. The van der Waals surface area contributed by atoms with Gasteiger partial charge in [-0.25, -0.2) is 13.8 Å². The van der Waals surface area contributed by atoms with Gasteiger partial charge in [-0.05, 0) is 25.1 Å². The summed E-state index contributed by atoms with van der Waals surface area (Å²) in [5.41, 5.74) is 0.782. The van der Waals surface area contributed by atoms with Crippen molar-refractivity contribution in [2.24, 2.45) is 0 Å². The van der Waals surface area contributed by atoms with Crippen LogP contribution in [0.4, 0.5) is 13.9 Å². The van der Waals surface area contributed by atoms with Gasteiger partial charge in [-0.2, -0.15) is 4.37 Å². The Kier molecular flexibility index (Phi) is 4.76. The van der Waals surface area contributed by atoms with E-state index in [1.807, 2.05) is 31.2 Å². The molecule has 5 nitrogen and oxygen atoms in total. The molecule has 138 valence electrons. The lowest BCUT2D eigenvalue weighted by Gasteiger charge is -2.31. The van der Waals surface area contributed by atoms with E-state index >= 15 is 0 Å². The highest BCUT2D eigenvalue weighted by atomic mass is 32.1. The molecule has 0 N–H and O–H groups in total. The van der Waals surface area contributed by atoms with E-state index in [2.05, 4.69) is 14.3 Å². The molecule has 1 fully saturated rings. The van der Waals surface area contributed by atoms with Crippen LogP contribution in [-0.4, -0.2) is 39.5 Å². The molecule has 1 aliphatic heterocycles. The van der Waals surface area contributed by atoms with Crippen molar-refractivity contribution < 1.29 is 13.5 Å². The summed E-state index contributed by atoms with van der Waals surface area (Å²) in [7, 11) is 0. The highest BCUT2D eigenvalue weighted by Gasteiger charge is 2.23. The van der Waals surface area contributed by atoms with E-state index in [0.29, 0.717) is 0 Å². The molecule has 1 saturated heterocycles. The molecule has 4 rings (SSSR count). The second-order valence-electron chi connectivity index (χ2n) is 6.48. The Labute approximate surface area is 154 Å². The minimum atomic E-state index is -2.37. The molecule has 0 bridgehead atoms. The first kappa shape index (κ1) is 17.2. The van der Waals surface area contributed by atoms with Crippen molar-refractivity contribution in [3.63, 3.8) is 0 Å². The maximum Gasteiger partial charge on any atom is 0.256 e. The fourth-order valence-corrected chi connectivity index (χ4v) is 4.09. The Balaban J connectivity index is 1.44. The van der Waals surface area contributed by atoms with Crippen molar-refractivity contribution in [1.82, 2.24) is 13.9 Å². The van der Waals surface area contributed by atoms with Gasteiger partial charge in [0.1, 0.15) is 17.7 Å². The third-order valence-corrected chi connectivity index (χ3v) is 5.50. The minimum absolute atomic E-state index is 0.115. The van der Waals surface area contributed by atoms with E-state index in [-0.39, 0.29) is 12.6 Å². The number of hydrogen-bond donors (Lipinski definition) is 0. The fourth-order valence-electron chi connectivity index (χ4n) is 3.36. The molecular formula is C18H20F2N4OS. The number of ether oxygens (including phenoxy) is 1. The summed E-state index contributed by atoms with van der Waals surface area (Å²) in [6.45, 7) is 3.35. The largest absolute Gasteiger partial charge is 0.490 e. The summed E-state index contributed by atoms with van der Waals surface area (Å²) in [6.07, 6.45) is 1.23. The van der Waals surface area contributed by atoms with Gasteiger partial charge in [-0.1, -0.05) is 6.07 Å². The number of rotatable bonds is 5. The van der Waals surface area contributed by atoms with E-state index in [4.69, 9.17) is 4.74 Å². The van der Waals surface area contributed by atoms with Gasteiger partial charge in [0.15, 0.2) is 0 Å². The lowest BCUT2D eigenvalue weighted by atomic mass is 10.1. The Morgan fingerprint density at radius 2 is 2.08 bits per heavy atom. The first-order valence-electron chi connectivity index (χ1n) is 8.68. The molecule has 26 heavy (non-hydrogen) atoms. The number of piperidine rings is 1. The molecule has 0 aliphatic carbocycles. The average Bonchev–Trinajstić information content (AvgIpc) is 3.23. The lowest BCUT2D eigenvalue weighted by Crippen LogP contribution is -2.38. The maximum atomic E-state index is 12.7. The summed E-state index contributed by atoms with van der Waals surface area (Å²) < 4.78 is 37.5. The molecule has 3 aromatic rings. The molecule has 2 aromatic heterocycles. The van der Waals surface area contributed by atoms with E-state index < -0.39 is 6.43 Å². The van der Waals surface area contributed by atoms with Gasteiger partial charge in [-0.3, -0.25) is 0 Å². The smallest absolute Gasteiger partial charge is 0.256 e. The van der Waals surface area contributed by atoms with E-state index in [0.717, 1.165) is 53.5 Å². The Hall–Kier alpha value is -2.22. The summed E-state index contributed by atoms with van der Waals surface area (Å²) in [6, 6.07) is 7.48. The van der Waals surface area contributed by atoms with Crippen molar-refractivity contribution in [1.29, 1.82) is 0 Å². The number of halogens is 2. The van der Waals surface area contributed by atoms with Crippen LogP contribution < -0.4 is 9.64 Å². The summed E-state index contributed by atoms with van der Waals surface area (Å²) in [5, 5.41) is 1.85. The number of benzene rings is 1. The molecular weight excluding hydrogens is 358 g/mol. The number of anilines is 1. The Bertz CT molecular complexity index is 886. The van der Waals surface area contributed by atoms with Crippen LogP contribution in [0.25, 0.3) is 10.9 Å². The van der Waals surface area contributed by atoms with Crippen molar-refractivity contribution in [2.45, 2.75) is 38.8 Å². The quantitative estimate of drug-likeness (QED) is 0.670. The summed E-state index contributed by atoms with van der Waals surface area (Å²) >= 11 is 1.43. The number of nitrogens with zero attached hydrogens (tertiary/aromatic N) is 4. The van der Waals surface area contributed by atoms with Crippen molar-refractivity contribution in [3.05, 3.63) is 36.3 Å². The molecule has 0 atom stereocenters. The number of alkyl halides is 2. The zero-order chi connectivity index (χ0) is 18.1. The van der Waals surface area contributed by atoms with Crippen LogP contribution in [0.15, 0.2) is 30.5 Å². The first-order valence-corrected chi connectivity index (χ1v) is 9.45. The number of aromatic nitrogens is 3. The van der Waals surface area contributed by atoms with Crippen LogP contribution in [0.2, 0.25) is 0 Å². The molecule has 0 amide bonds. The van der Waals surface area contributed by atoms with Crippen LogP contribution in [0.3, 0.4) is 0 Å². The van der Waals surface area contributed by atoms with Crippen LogP contribution in [0.1, 0.15) is 18.7 Å². The van der Waals surface area contributed by atoms with Gasteiger partial charge in [0, 0.05) is 49.0 Å². The molecule has 1 aromatic carbocycles. The number of fused-ring (bicyclic) bond motifs is 1. The lowest BCUT2D eigenvalue weighted by molar-refractivity contribution is 0.128. The fraction of sp³-hybridized carbons (Fsp3) is 0.444. The number of hydrogen-bond acceptors (Lipinski definition) is 5. The van der Waals surface area contributed by atoms with Gasteiger partial charge in [0.25, 0.3) is 6.43 Å². The van der Waals surface area contributed by atoms with Crippen LogP contribution >= 0.6 is 11.5 Å². The molecule has 0 spiro atoms. The predicted molar refractivity (Wildman–Crippen MR) is 98.5 cm³/mol. The molecule has 3 heterocycles. The molecule has 8 heteroatoms. The van der Waals surface area contributed by atoms with Crippen molar-refractivity contribution in [3.8, 4) is 5.75 Å². The third kappa shape index (κ3) is 3.51. The zero-order valence-electron chi connectivity index (χ0n) is 14.4. The molecule has 0 radical (unpaired) electrons. The molecule has 0 unspecified atom stereocenters. The second kappa shape index (κ2) is 7.19. The van der Waals surface area contributed by atoms with Gasteiger partial charge in [0.2, 0.25) is 5.13 Å². The zero-order valence-corrected chi connectivity index (χ0v) is 15.3. The van der Waals surface area contributed by atoms with Crippen LogP contribution in [0, 0.1) is 6.92 Å². The summed E-state index contributed by atoms with van der Waals surface area (Å²) in [4.78, 5) is 6.68. The SMILES string of the molecule is Cc1nsc(N2CCC(Oc3cccc4c3ccn4CC(F)F)CC2)n1. The molecule has 1 aliphatic rings. The Morgan fingerprint density at radius 3 is 2.77 bits per heavy atom. The van der Waals surface area contributed by atoms with Gasteiger partial charge >= 0.3 is 0 Å². The summed E-state index contributed by atoms with van der Waals surface area (Å²) in [5.74, 6) is 1.57. The van der Waals surface area contributed by atoms with Gasteiger partial charge in [-0.15, -0.1) is 0 Å². The topological polar surface area (TPSA) is 43.2 Å². The predicted octanol–water partition coefficient (Wildman–Crippen LogP) is 4.11. The van der Waals surface area contributed by atoms with Crippen LogP contribution in [0.5, 0.6) is 5.75 Å². The van der Waals surface area contributed by atoms with Gasteiger partial charge in [0.05, 0.1) is 12.1 Å². The highest BCUT2D eigenvalue weighted by Crippen LogP contribution is 2.30. The van der Waals surface area contributed by atoms with Crippen LogP contribution in [-0.2, 0) is 6.54 Å². The average molecular weight is 378 g/mol. The van der Waals surface area contributed by atoms with Gasteiger partial charge < -0.3 is 14.2 Å². The van der Waals surface area contributed by atoms with Crippen molar-refractivity contribution >= 4 is 27.6 Å². The number of aryl methyl sites for hydroxylation is 1. The van der Waals surface area contributed by atoms with E-state index in [1.165, 1.54) is 11.5 Å². The normalized spacial score (nSPS) is 15.9.